The van der Waals surface area contributed by atoms with Crippen LogP contribution >= 0.6 is 12.2 Å². The summed E-state index contributed by atoms with van der Waals surface area (Å²) < 4.78 is 7.04. The minimum atomic E-state index is -0.138. The molecule has 0 radical (unpaired) electrons. The standard InChI is InChI=1S/C65H51N5S/c1-5-6-20-42(24-16-17-40-71)47-27-18-28-48(43-21-8-7-9-22-43)61(47)70-56-32-15-14-31-55(56)69(70)57-33-19-29-53-59-46-25-11-10-23-44(46)34-35-50(59)52-37-36-51-49-26-12-13-30-54(49)67-58-41-45(65(2,3)4)38-39-66(58)68(62(53)57,64(69)70)63(52)60(51)67/h5-16,18-41,64H,17H2,1-4H3/q+4/b6-5-,24-16-,42-20+. The molecule has 7 heterocycles. The number of nitrogens with zero attached hydrogens (tertiary/aromatic N) is 5. The van der Waals surface area contributed by atoms with Gasteiger partial charge in [-0.2, -0.15) is 4.57 Å². The number of aromatic nitrogens is 2. The lowest BCUT2D eigenvalue weighted by Gasteiger charge is -2.35. The van der Waals surface area contributed by atoms with E-state index in [9.17, 15) is 0 Å². The minimum absolute atomic E-state index is 0.0963. The second-order valence-electron chi connectivity index (χ2n) is 20.9. The molecule has 5 aliphatic rings. The summed E-state index contributed by atoms with van der Waals surface area (Å²) in [5.74, 6) is 1.18. The topological polar surface area (TPSA) is 8.81 Å². The maximum absolute atomic E-state index is 5.41. The Hall–Kier alpha value is -7.84. The predicted octanol–water partition coefficient (Wildman–Crippen LogP) is 16.7. The molecule has 0 bridgehead atoms. The van der Waals surface area contributed by atoms with Crippen molar-refractivity contribution in [2.45, 2.75) is 45.8 Å². The monoisotopic (exact) mass is 933 g/mol. The number of hydrogen-bond donors (Lipinski definition) is 0. The van der Waals surface area contributed by atoms with E-state index in [-0.39, 0.29) is 11.7 Å². The summed E-state index contributed by atoms with van der Waals surface area (Å²) in [4.78, 5) is 0. The smallest absolute Gasteiger partial charge is 0.181 e. The summed E-state index contributed by atoms with van der Waals surface area (Å²) in [6, 6.07) is 67.5. The second-order valence-corrected chi connectivity index (χ2v) is 21.2. The van der Waals surface area contributed by atoms with Crippen molar-refractivity contribution in [3.63, 3.8) is 0 Å². The van der Waals surface area contributed by atoms with Crippen LogP contribution in [0.1, 0.15) is 45.2 Å². The molecule has 8 aromatic carbocycles. The Labute approximate surface area is 419 Å². The largest absolute Gasteiger partial charge is 0.498 e. The van der Waals surface area contributed by atoms with E-state index in [1.807, 2.05) is 5.37 Å². The number of allylic oxidation sites excluding steroid dienone is 6. The first kappa shape index (κ1) is 41.0. The normalized spacial score (nSPS) is 21.6. The fourth-order valence-electron chi connectivity index (χ4n) is 14.0. The quantitative estimate of drug-likeness (QED) is 0.0509. The van der Waals surface area contributed by atoms with E-state index in [0.717, 1.165) is 5.57 Å². The zero-order chi connectivity index (χ0) is 47.6. The van der Waals surface area contributed by atoms with Crippen LogP contribution in [0.4, 0.5) is 34.1 Å². The molecule has 0 aliphatic carbocycles. The van der Waals surface area contributed by atoms with Crippen LogP contribution in [0.3, 0.4) is 0 Å². The van der Waals surface area contributed by atoms with Gasteiger partial charge < -0.3 is 0 Å². The molecule has 5 aliphatic heterocycles. The van der Waals surface area contributed by atoms with Crippen molar-refractivity contribution in [2.24, 2.45) is 0 Å². The van der Waals surface area contributed by atoms with Gasteiger partial charge in [-0.3, -0.25) is 0 Å². The first-order chi connectivity index (χ1) is 34.8. The van der Waals surface area contributed by atoms with E-state index in [1.165, 1.54) is 117 Å². The lowest BCUT2D eigenvalue weighted by molar-refractivity contribution is -0.793. The summed E-state index contributed by atoms with van der Waals surface area (Å²) in [6.07, 6.45) is 14.1. The van der Waals surface area contributed by atoms with Crippen LogP contribution in [-0.4, -0.2) is 16.2 Å². The Kier molecular flexibility index (Phi) is 8.17. The summed E-state index contributed by atoms with van der Waals surface area (Å²) in [5, 5.41) is 6.88. The van der Waals surface area contributed by atoms with E-state index >= 15 is 0 Å². The van der Waals surface area contributed by atoms with Gasteiger partial charge in [-0.05, 0) is 110 Å². The Morgan fingerprint density at radius 2 is 1.35 bits per heavy atom. The lowest BCUT2D eigenvalue weighted by atomic mass is 9.87. The highest BCUT2D eigenvalue weighted by atomic mass is 32.1. The molecular formula is C65H51N5S+4. The average molecular weight is 934 g/mol. The summed E-state index contributed by atoms with van der Waals surface area (Å²) in [5.41, 5.74) is 21.6. The minimum Gasteiger partial charge on any atom is -0.181 e. The highest BCUT2D eigenvalue weighted by Gasteiger charge is 3.11. The van der Waals surface area contributed by atoms with Crippen LogP contribution in [0.2, 0.25) is 0 Å². The van der Waals surface area contributed by atoms with Gasteiger partial charge in [0.05, 0.1) is 11.1 Å². The van der Waals surface area contributed by atoms with Gasteiger partial charge in [-0.15, -0.1) is 0 Å². The Morgan fingerprint density at radius 3 is 2.17 bits per heavy atom. The van der Waals surface area contributed by atoms with E-state index in [4.69, 9.17) is 12.2 Å². The number of fused-ring (bicyclic) bond motifs is 13. The van der Waals surface area contributed by atoms with Gasteiger partial charge in [0.15, 0.2) is 6.20 Å². The molecule has 1 saturated heterocycles. The molecule has 2 spiro atoms. The van der Waals surface area contributed by atoms with Gasteiger partial charge in [0.25, 0.3) is 22.7 Å². The number of hydrogen-bond acceptors (Lipinski definition) is 1. The Morgan fingerprint density at radius 1 is 0.634 bits per heavy atom. The van der Waals surface area contributed by atoms with Crippen LogP contribution in [0.5, 0.6) is 0 Å². The van der Waals surface area contributed by atoms with E-state index in [1.54, 1.807) is 0 Å². The van der Waals surface area contributed by atoms with Crippen molar-refractivity contribution in [2.75, 3.05) is 0 Å². The predicted molar refractivity (Wildman–Crippen MR) is 300 cm³/mol. The maximum Gasteiger partial charge on any atom is 0.498 e. The zero-order valence-electron chi connectivity index (χ0n) is 40.2. The molecular weight excluding hydrogens is 883 g/mol. The summed E-state index contributed by atoms with van der Waals surface area (Å²) in [6.45, 7) is 9.14. The molecule has 4 unspecified atom stereocenters. The van der Waals surface area contributed by atoms with Crippen LogP contribution in [0.25, 0.3) is 77.3 Å². The van der Waals surface area contributed by atoms with Crippen molar-refractivity contribution in [3.05, 3.63) is 224 Å². The molecule has 15 rings (SSSR count). The fraction of sp³-hybridized carbons (Fsp3) is 0.108. The number of benzene rings is 8. The molecule has 5 nitrogen and oxygen atoms in total. The second kappa shape index (κ2) is 14.2. The van der Waals surface area contributed by atoms with Gasteiger partial charge in [0, 0.05) is 65.5 Å². The van der Waals surface area contributed by atoms with E-state index in [0.29, 0.717) is 20.2 Å². The molecule has 71 heavy (non-hydrogen) atoms. The number of rotatable bonds is 7. The van der Waals surface area contributed by atoms with Crippen LogP contribution in [-0.2, 0) is 5.41 Å². The molecule has 0 N–H and O–H groups in total. The van der Waals surface area contributed by atoms with Gasteiger partial charge in [0.1, 0.15) is 5.52 Å². The van der Waals surface area contributed by atoms with Crippen LogP contribution < -0.4 is 18.5 Å². The molecule has 0 saturated carbocycles. The lowest BCUT2D eigenvalue weighted by Crippen LogP contribution is -2.74. The molecule has 1 fully saturated rings. The van der Waals surface area contributed by atoms with E-state index < -0.39 is 0 Å². The van der Waals surface area contributed by atoms with Gasteiger partial charge >= 0.3 is 12.1 Å². The first-order valence-electron chi connectivity index (χ1n) is 25.0. The summed E-state index contributed by atoms with van der Waals surface area (Å²) in [7, 11) is 0. The number of pyridine rings is 1. The Balaban J connectivity index is 1.20. The van der Waals surface area contributed by atoms with Gasteiger partial charge in [-0.25, -0.2) is 0 Å². The van der Waals surface area contributed by atoms with Crippen molar-refractivity contribution >= 4 is 89.9 Å². The highest BCUT2D eigenvalue weighted by Crippen LogP contribution is 2.86. The van der Waals surface area contributed by atoms with Crippen LogP contribution in [0.15, 0.2) is 213 Å². The number of thiocarbonyl (C=S) groups is 1. The fourth-order valence-corrected chi connectivity index (χ4v) is 14.1. The molecule has 2 aromatic heterocycles. The first-order valence-corrected chi connectivity index (χ1v) is 25.5. The van der Waals surface area contributed by atoms with Gasteiger partial charge in [-0.1, -0.05) is 166 Å². The third kappa shape index (κ3) is 4.73. The molecule has 10 aromatic rings. The zero-order valence-corrected chi connectivity index (χ0v) is 41.0. The molecule has 6 heteroatoms. The third-order valence-electron chi connectivity index (χ3n) is 16.5. The van der Waals surface area contributed by atoms with Gasteiger partial charge in [0.2, 0.25) is 16.9 Å². The average Bonchev–Trinajstić information content (AvgIpc) is 3.79. The maximum atomic E-state index is 5.41. The highest BCUT2D eigenvalue weighted by molar-refractivity contribution is 7.79. The SMILES string of the molecule is C\C=C/C=C(\C=C/CC=S)c1cccc(-c2ccccc2)c1[N+]12c3ccccc3[N+]13c1cccc4c1[N+]1(c5c(ccc6c7ccccc7n(c56)-c5cc(C(C)(C)C)cc[n+]51)-c1ccc5ccccc5c1-4)C32. The van der Waals surface area contributed by atoms with Crippen molar-refractivity contribution in [1.82, 2.24) is 18.3 Å². The number of para-hydroxylation sites is 5. The van der Waals surface area contributed by atoms with E-state index in [2.05, 4.69) is 249 Å². The van der Waals surface area contributed by atoms with Crippen molar-refractivity contribution in [1.29, 1.82) is 0 Å². The Bertz CT molecular complexity index is 4130. The van der Waals surface area contributed by atoms with Crippen molar-refractivity contribution in [3.8, 4) is 39.2 Å². The number of quaternary nitrogens is 3. The van der Waals surface area contributed by atoms with Crippen molar-refractivity contribution < 1.29 is 4.68 Å². The van der Waals surface area contributed by atoms with Crippen LogP contribution in [0, 0.1) is 0 Å². The molecule has 0 amide bonds. The molecule has 338 valence electrons. The third-order valence-corrected chi connectivity index (χ3v) is 16.7. The molecule has 4 atom stereocenters. The summed E-state index contributed by atoms with van der Waals surface area (Å²) >= 11 is 5.41.